The first-order chi connectivity index (χ1) is 7.93. The third-order valence-electron chi connectivity index (χ3n) is 3.84. The van der Waals surface area contributed by atoms with Crippen LogP contribution >= 0.6 is 0 Å². The Hall–Kier alpha value is -0.930. The number of aromatic nitrogens is 1. The highest BCUT2D eigenvalue weighted by molar-refractivity contribution is 5.08. The molecule has 0 radical (unpaired) electrons. The Balaban J connectivity index is 1.59. The average molecular weight is 218 g/mol. The zero-order chi connectivity index (χ0) is 10.8. The van der Waals surface area contributed by atoms with Gasteiger partial charge in [-0.05, 0) is 42.4 Å². The molecule has 1 aliphatic heterocycles. The molecule has 1 aliphatic carbocycles. The molecule has 2 bridgehead atoms. The molecule has 0 aromatic carbocycles. The molecular formula is C13H18N2O. The van der Waals surface area contributed by atoms with Crippen molar-refractivity contribution in [3.05, 3.63) is 30.1 Å². The van der Waals surface area contributed by atoms with Crippen molar-refractivity contribution in [3.63, 3.8) is 0 Å². The summed E-state index contributed by atoms with van der Waals surface area (Å²) in [4.78, 5) is 4.02. The molecule has 1 aromatic heterocycles. The summed E-state index contributed by atoms with van der Waals surface area (Å²) in [6.45, 7) is 3.01. The van der Waals surface area contributed by atoms with Crippen molar-refractivity contribution < 1.29 is 4.74 Å². The fraction of sp³-hybridized carbons (Fsp3) is 0.615. The second-order valence-corrected chi connectivity index (χ2v) is 4.89. The van der Waals surface area contributed by atoms with E-state index in [4.69, 9.17) is 4.74 Å². The van der Waals surface area contributed by atoms with Crippen LogP contribution in [0.3, 0.4) is 0 Å². The van der Waals surface area contributed by atoms with Gasteiger partial charge in [0.2, 0.25) is 0 Å². The topological polar surface area (TPSA) is 34.1 Å². The Morgan fingerprint density at radius 1 is 1.19 bits per heavy atom. The van der Waals surface area contributed by atoms with Gasteiger partial charge in [0, 0.05) is 25.5 Å². The smallest absolute Gasteiger partial charge is 0.0722 e. The van der Waals surface area contributed by atoms with E-state index >= 15 is 0 Å². The molecule has 1 saturated heterocycles. The molecule has 1 aromatic rings. The summed E-state index contributed by atoms with van der Waals surface area (Å²) in [7, 11) is 0. The zero-order valence-corrected chi connectivity index (χ0v) is 9.43. The second kappa shape index (κ2) is 4.52. The summed E-state index contributed by atoms with van der Waals surface area (Å²) in [5, 5.41) is 3.48. The molecule has 2 unspecified atom stereocenters. The number of nitrogens with zero attached hydrogens (tertiary/aromatic N) is 1. The van der Waals surface area contributed by atoms with Crippen LogP contribution in [0.5, 0.6) is 0 Å². The minimum atomic E-state index is 0.481. The number of fused-ring (bicyclic) bond motifs is 2. The highest BCUT2D eigenvalue weighted by atomic mass is 16.5. The maximum Gasteiger partial charge on any atom is 0.0722 e. The van der Waals surface area contributed by atoms with Crippen LogP contribution < -0.4 is 5.32 Å². The number of hydrogen-bond donors (Lipinski definition) is 1. The molecule has 86 valence electrons. The summed E-state index contributed by atoms with van der Waals surface area (Å²) in [5.74, 6) is 1.47. The lowest BCUT2D eigenvalue weighted by Gasteiger charge is -2.30. The number of pyridine rings is 1. The number of hydrogen-bond acceptors (Lipinski definition) is 3. The van der Waals surface area contributed by atoms with Crippen molar-refractivity contribution in [2.45, 2.75) is 25.6 Å². The molecule has 2 atom stereocenters. The van der Waals surface area contributed by atoms with E-state index in [0.29, 0.717) is 6.10 Å². The molecule has 0 spiro atoms. The standard InChI is InChI=1S/C13H18N2O/c1-2-12-8-15-7-11(1)13(12)16-9-10-3-5-14-6-4-10/h3-6,11-13,15H,1-2,7-9H2. The SMILES string of the molecule is c1cc(COC2C3CCC2CNC3)ccn1. The quantitative estimate of drug-likeness (QED) is 0.836. The first-order valence-corrected chi connectivity index (χ1v) is 6.15. The van der Waals surface area contributed by atoms with Gasteiger partial charge in [0.05, 0.1) is 12.7 Å². The fourth-order valence-electron chi connectivity index (χ4n) is 2.98. The Bertz CT molecular complexity index is 325. The lowest BCUT2D eigenvalue weighted by Crippen LogP contribution is -2.42. The Morgan fingerprint density at radius 3 is 2.56 bits per heavy atom. The molecule has 1 saturated carbocycles. The maximum absolute atomic E-state index is 6.09. The van der Waals surface area contributed by atoms with Crippen LogP contribution in [0.1, 0.15) is 18.4 Å². The summed E-state index contributed by atoms with van der Waals surface area (Å²) in [5.41, 5.74) is 1.23. The Labute approximate surface area is 96.2 Å². The molecule has 16 heavy (non-hydrogen) atoms. The summed E-state index contributed by atoms with van der Waals surface area (Å²) in [6, 6.07) is 4.06. The van der Waals surface area contributed by atoms with Crippen LogP contribution in [0.4, 0.5) is 0 Å². The number of ether oxygens (including phenoxy) is 1. The lowest BCUT2D eigenvalue weighted by molar-refractivity contribution is -0.0228. The summed E-state index contributed by atoms with van der Waals surface area (Å²) < 4.78 is 6.09. The minimum Gasteiger partial charge on any atom is -0.373 e. The van der Waals surface area contributed by atoms with Crippen LogP contribution in [-0.4, -0.2) is 24.2 Å². The van der Waals surface area contributed by atoms with E-state index in [0.717, 1.165) is 31.5 Å². The molecule has 2 heterocycles. The monoisotopic (exact) mass is 218 g/mol. The molecular weight excluding hydrogens is 200 g/mol. The number of nitrogens with one attached hydrogen (secondary N) is 1. The van der Waals surface area contributed by atoms with Gasteiger partial charge in [0.25, 0.3) is 0 Å². The van der Waals surface area contributed by atoms with E-state index in [2.05, 4.69) is 10.3 Å². The van der Waals surface area contributed by atoms with Gasteiger partial charge in [-0.2, -0.15) is 0 Å². The van der Waals surface area contributed by atoms with Gasteiger partial charge in [0.1, 0.15) is 0 Å². The summed E-state index contributed by atoms with van der Waals surface area (Å²) >= 11 is 0. The van der Waals surface area contributed by atoms with Crippen molar-refractivity contribution >= 4 is 0 Å². The first kappa shape index (κ1) is 10.2. The van der Waals surface area contributed by atoms with Gasteiger partial charge in [-0.1, -0.05) is 0 Å². The van der Waals surface area contributed by atoms with E-state index in [1.807, 2.05) is 24.5 Å². The van der Waals surface area contributed by atoms with Crippen LogP contribution in [0.25, 0.3) is 0 Å². The molecule has 2 aliphatic rings. The highest BCUT2D eigenvalue weighted by Crippen LogP contribution is 2.36. The third-order valence-corrected chi connectivity index (χ3v) is 3.84. The van der Waals surface area contributed by atoms with Crippen molar-refractivity contribution in [1.29, 1.82) is 0 Å². The Morgan fingerprint density at radius 2 is 1.88 bits per heavy atom. The maximum atomic E-state index is 6.09. The molecule has 1 N–H and O–H groups in total. The van der Waals surface area contributed by atoms with E-state index in [1.54, 1.807) is 0 Å². The minimum absolute atomic E-state index is 0.481. The first-order valence-electron chi connectivity index (χ1n) is 6.15. The highest BCUT2D eigenvalue weighted by Gasteiger charge is 2.39. The van der Waals surface area contributed by atoms with Gasteiger partial charge < -0.3 is 10.1 Å². The van der Waals surface area contributed by atoms with Gasteiger partial charge in [-0.25, -0.2) is 0 Å². The molecule has 0 amide bonds. The predicted molar refractivity (Wildman–Crippen MR) is 61.9 cm³/mol. The van der Waals surface area contributed by atoms with E-state index in [-0.39, 0.29) is 0 Å². The van der Waals surface area contributed by atoms with Crippen molar-refractivity contribution in [1.82, 2.24) is 10.3 Å². The number of rotatable bonds is 3. The van der Waals surface area contributed by atoms with Crippen LogP contribution in [-0.2, 0) is 11.3 Å². The van der Waals surface area contributed by atoms with E-state index in [1.165, 1.54) is 18.4 Å². The van der Waals surface area contributed by atoms with Crippen LogP contribution in [0, 0.1) is 11.8 Å². The average Bonchev–Trinajstić information content (AvgIpc) is 2.57. The van der Waals surface area contributed by atoms with Crippen LogP contribution in [0.15, 0.2) is 24.5 Å². The Kier molecular flexibility index (Phi) is 2.89. The van der Waals surface area contributed by atoms with Gasteiger partial charge in [0.15, 0.2) is 0 Å². The second-order valence-electron chi connectivity index (χ2n) is 4.89. The zero-order valence-electron chi connectivity index (χ0n) is 9.43. The predicted octanol–water partition coefficient (Wildman–Crippen LogP) is 1.60. The molecule has 3 heteroatoms. The molecule has 2 fully saturated rings. The van der Waals surface area contributed by atoms with E-state index in [9.17, 15) is 0 Å². The van der Waals surface area contributed by atoms with Crippen LogP contribution in [0.2, 0.25) is 0 Å². The van der Waals surface area contributed by atoms with E-state index < -0.39 is 0 Å². The third kappa shape index (κ3) is 1.97. The fourth-order valence-corrected chi connectivity index (χ4v) is 2.98. The molecule has 3 nitrogen and oxygen atoms in total. The van der Waals surface area contributed by atoms with Gasteiger partial charge in [-0.3, -0.25) is 4.98 Å². The lowest BCUT2D eigenvalue weighted by atomic mass is 9.96. The normalized spacial score (nSPS) is 32.9. The largest absolute Gasteiger partial charge is 0.373 e. The van der Waals surface area contributed by atoms with Crippen molar-refractivity contribution in [2.24, 2.45) is 11.8 Å². The van der Waals surface area contributed by atoms with Crippen molar-refractivity contribution in [2.75, 3.05) is 13.1 Å². The van der Waals surface area contributed by atoms with Gasteiger partial charge in [-0.15, -0.1) is 0 Å². The van der Waals surface area contributed by atoms with Gasteiger partial charge >= 0.3 is 0 Å². The van der Waals surface area contributed by atoms with Crippen molar-refractivity contribution in [3.8, 4) is 0 Å². The summed E-state index contributed by atoms with van der Waals surface area (Å²) in [6.07, 6.45) is 6.80. The number of piperidine rings is 1. The molecule has 3 rings (SSSR count).